The van der Waals surface area contributed by atoms with Gasteiger partial charge in [0.15, 0.2) is 0 Å². The number of nitrogens with zero attached hydrogens (tertiary/aromatic N) is 1. The van der Waals surface area contributed by atoms with E-state index >= 15 is 0 Å². The van der Waals surface area contributed by atoms with Crippen LogP contribution in [-0.4, -0.2) is 35.7 Å². The molecule has 0 bridgehead atoms. The first-order valence-corrected chi connectivity index (χ1v) is 7.51. The Kier molecular flexibility index (Phi) is 4.16. The van der Waals surface area contributed by atoms with Crippen LogP contribution in [0.2, 0.25) is 0 Å². The second-order valence-corrected chi connectivity index (χ2v) is 5.97. The van der Waals surface area contributed by atoms with Crippen molar-refractivity contribution >= 4 is 0 Å². The fourth-order valence-corrected chi connectivity index (χ4v) is 3.32. The van der Waals surface area contributed by atoms with Crippen LogP contribution in [0, 0.1) is 5.92 Å². The molecule has 2 atom stereocenters. The minimum Gasteiger partial charge on any atom is -0.391 e. The zero-order valence-electron chi connectivity index (χ0n) is 11.5. The highest BCUT2D eigenvalue weighted by Gasteiger charge is 2.25. The topological polar surface area (TPSA) is 35.5 Å². The van der Waals surface area contributed by atoms with Crippen molar-refractivity contribution in [3.63, 3.8) is 0 Å². The fraction of sp³-hybridized carbons (Fsp3) is 0.625. The Bertz CT molecular complexity index is 388. The van der Waals surface area contributed by atoms with Crippen LogP contribution in [0.1, 0.15) is 30.4 Å². The Hall–Kier alpha value is -0.900. The molecule has 1 aromatic rings. The summed E-state index contributed by atoms with van der Waals surface area (Å²) >= 11 is 0. The molecule has 2 N–H and O–H groups in total. The molecule has 0 saturated carbocycles. The molecule has 2 unspecified atom stereocenters. The molecule has 1 aromatic carbocycles. The van der Waals surface area contributed by atoms with Crippen LogP contribution in [0.15, 0.2) is 24.3 Å². The van der Waals surface area contributed by atoms with Crippen LogP contribution in [0.3, 0.4) is 0 Å². The normalized spacial score (nSPS) is 25.8. The Balaban J connectivity index is 1.55. The van der Waals surface area contributed by atoms with Crippen molar-refractivity contribution < 1.29 is 5.11 Å². The molecule has 2 aliphatic heterocycles. The van der Waals surface area contributed by atoms with Gasteiger partial charge >= 0.3 is 0 Å². The Morgan fingerprint density at radius 2 is 1.95 bits per heavy atom. The number of nitrogens with one attached hydrogen (secondary N) is 1. The molecular weight excluding hydrogens is 236 g/mol. The van der Waals surface area contributed by atoms with Crippen molar-refractivity contribution in [2.45, 2.75) is 38.5 Å². The molecule has 2 aliphatic rings. The highest BCUT2D eigenvalue weighted by Crippen LogP contribution is 2.24. The average Bonchev–Trinajstić information content (AvgIpc) is 2.63. The summed E-state index contributed by atoms with van der Waals surface area (Å²) in [6.07, 6.45) is 3.46. The number of aliphatic hydroxyl groups is 1. The van der Waals surface area contributed by atoms with Crippen molar-refractivity contribution in [1.29, 1.82) is 0 Å². The van der Waals surface area contributed by atoms with Gasteiger partial charge < -0.3 is 10.4 Å². The third kappa shape index (κ3) is 3.16. The molecule has 0 aromatic heterocycles. The SMILES string of the molecule is OC(CN1Cc2ccccc2C1)C1CCCCNC1. The molecule has 3 rings (SSSR count). The maximum Gasteiger partial charge on any atom is 0.0707 e. The lowest BCUT2D eigenvalue weighted by Gasteiger charge is -2.26. The minimum absolute atomic E-state index is 0.195. The molecule has 1 fully saturated rings. The molecule has 3 heteroatoms. The second kappa shape index (κ2) is 6.04. The van der Waals surface area contributed by atoms with Crippen LogP contribution in [0.25, 0.3) is 0 Å². The van der Waals surface area contributed by atoms with E-state index in [2.05, 4.69) is 34.5 Å². The van der Waals surface area contributed by atoms with Gasteiger partial charge in [0, 0.05) is 26.2 Å². The van der Waals surface area contributed by atoms with Gasteiger partial charge in [-0.2, -0.15) is 0 Å². The summed E-state index contributed by atoms with van der Waals surface area (Å²) in [6, 6.07) is 8.62. The maximum absolute atomic E-state index is 10.5. The van der Waals surface area contributed by atoms with E-state index in [1.165, 1.54) is 24.0 Å². The lowest BCUT2D eigenvalue weighted by molar-refractivity contribution is 0.0603. The molecule has 0 aliphatic carbocycles. The van der Waals surface area contributed by atoms with Gasteiger partial charge in [-0.25, -0.2) is 0 Å². The zero-order valence-corrected chi connectivity index (χ0v) is 11.5. The Morgan fingerprint density at radius 3 is 2.68 bits per heavy atom. The zero-order chi connectivity index (χ0) is 13.1. The van der Waals surface area contributed by atoms with E-state index in [1.807, 2.05) is 0 Å². The van der Waals surface area contributed by atoms with Crippen LogP contribution in [0.4, 0.5) is 0 Å². The predicted octanol–water partition coefficient (Wildman–Crippen LogP) is 1.75. The van der Waals surface area contributed by atoms with E-state index in [9.17, 15) is 5.11 Å². The monoisotopic (exact) mass is 260 g/mol. The van der Waals surface area contributed by atoms with Gasteiger partial charge in [0.05, 0.1) is 6.10 Å². The van der Waals surface area contributed by atoms with Crippen LogP contribution < -0.4 is 5.32 Å². The largest absolute Gasteiger partial charge is 0.391 e. The molecule has 2 heterocycles. The first-order valence-electron chi connectivity index (χ1n) is 7.51. The number of benzene rings is 1. The average molecular weight is 260 g/mol. The fourth-order valence-electron chi connectivity index (χ4n) is 3.32. The predicted molar refractivity (Wildman–Crippen MR) is 76.8 cm³/mol. The summed E-state index contributed by atoms with van der Waals surface area (Å²) in [7, 11) is 0. The van der Waals surface area contributed by atoms with E-state index in [0.29, 0.717) is 5.92 Å². The van der Waals surface area contributed by atoms with Crippen LogP contribution in [0.5, 0.6) is 0 Å². The molecule has 0 spiro atoms. The second-order valence-electron chi connectivity index (χ2n) is 5.97. The molecule has 104 valence electrons. The number of hydrogen-bond acceptors (Lipinski definition) is 3. The van der Waals surface area contributed by atoms with Gasteiger partial charge in [0.25, 0.3) is 0 Å². The van der Waals surface area contributed by atoms with Crippen molar-refractivity contribution in [3.8, 4) is 0 Å². The molecule has 3 nitrogen and oxygen atoms in total. The Labute approximate surface area is 115 Å². The summed E-state index contributed by atoms with van der Waals surface area (Å²) in [5.74, 6) is 0.422. The molecule has 0 radical (unpaired) electrons. The lowest BCUT2D eigenvalue weighted by atomic mass is 9.96. The smallest absolute Gasteiger partial charge is 0.0707 e. The standard InChI is InChI=1S/C16H24N2O/c19-16(13-5-3-4-8-17-9-13)12-18-10-14-6-1-2-7-15(14)11-18/h1-2,6-7,13,16-17,19H,3-5,8-12H2. The van der Waals surface area contributed by atoms with E-state index in [4.69, 9.17) is 0 Å². The van der Waals surface area contributed by atoms with Gasteiger partial charge in [-0.15, -0.1) is 0 Å². The highest BCUT2D eigenvalue weighted by atomic mass is 16.3. The van der Waals surface area contributed by atoms with E-state index in [0.717, 1.165) is 39.1 Å². The number of fused-ring (bicyclic) bond motifs is 1. The summed E-state index contributed by atoms with van der Waals surface area (Å²) in [4.78, 5) is 2.38. The third-order valence-corrected chi connectivity index (χ3v) is 4.48. The lowest BCUT2D eigenvalue weighted by Crippen LogP contribution is -2.37. The summed E-state index contributed by atoms with van der Waals surface area (Å²) in [5, 5.41) is 13.9. The van der Waals surface area contributed by atoms with Gasteiger partial charge in [-0.3, -0.25) is 4.90 Å². The third-order valence-electron chi connectivity index (χ3n) is 4.48. The van der Waals surface area contributed by atoms with Crippen LogP contribution >= 0.6 is 0 Å². The van der Waals surface area contributed by atoms with Crippen molar-refractivity contribution in [2.24, 2.45) is 5.92 Å². The molecule has 19 heavy (non-hydrogen) atoms. The quantitative estimate of drug-likeness (QED) is 0.869. The van der Waals surface area contributed by atoms with Crippen molar-refractivity contribution in [3.05, 3.63) is 35.4 Å². The van der Waals surface area contributed by atoms with E-state index in [-0.39, 0.29) is 6.10 Å². The number of β-amino-alcohol motifs (C(OH)–C–C–N with tert-alkyl or cyclic N) is 1. The van der Waals surface area contributed by atoms with E-state index in [1.54, 1.807) is 0 Å². The maximum atomic E-state index is 10.5. The van der Waals surface area contributed by atoms with Gasteiger partial charge in [0.2, 0.25) is 0 Å². The minimum atomic E-state index is -0.195. The summed E-state index contributed by atoms with van der Waals surface area (Å²) in [6.45, 7) is 4.88. The molecular formula is C16H24N2O. The number of hydrogen-bond donors (Lipinski definition) is 2. The Morgan fingerprint density at radius 1 is 1.21 bits per heavy atom. The molecule has 1 saturated heterocycles. The van der Waals surface area contributed by atoms with Gasteiger partial charge in [0.1, 0.15) is 0 Å². The van der Waals surface area contributed by atoms with E-state index < -0.39 is 0 Å². The highest BCUT2D eigenvalue weighted by molar-refractivity contribution is 5.30. The summed E-state index contributed by atoms with van der Waals surface area (Å²) in [5.41, 5.74) is 2.85. The van der Waals surface area contributed by atoms with Crippen molar-refractivity contribution in [2.75, 3.05) is 19.6 Å². The van der Waals surface area contributed by atoms with Gasteiger partial charge in [-0.1, -0.05) is 30.7 Å². The van der Waals surface area contributed by atoms with Gasteiger partial charge in [-0.05, 0) is 36.4 Å². The van der Waals surface area contributed by atoms with Crippen LogP contribution in [-0.2, 0) is 13.1 Å². The van der Waals surface area contributed by atoms with Crippen molar-refractivity contribution in [1.82, 2.24) is 10.2 Å². The summed E-state index contributed by atoms with van der Waals surface area (Å²) < 4.78 is 0. The number of aliphatic hydroxyl groups excluding tert-OH is 1. The first-order chi connectivity index (χ1) is 9.33. The number of rotatable bonds is 3. The first kappa shape index (κ1) is 13.1. The molecule has 0 amide bonds.